The van der Waals surface area contributed by atoms with E-state index in [-0.39, 0.29) is 6.10 Å². The molecule has 5 heteroatoms. The van der Waals surface area contributed by atoms with Gasteiger partial charge in [-0.15, -0.1) is 0 Å². The zero-order valence-electron chi connectivity index (χ0n) is 14.2. The number of anilines is 2. The maximum absolute atomic E-state index is 5.93. The lowest BCUT2D eigenvalue weighted by molar-refractivity contribution is 0.00120. The summed E-state index contributed by atoms with van der Waals surface area (Å²) in [5.74, 6) is 1.10. The molecule has 1 unspecified atom stereocenters. The number of rotatable bonds is 3. The number of ether oxygens (including phenoxy) is 1. The second-order valence-corrected chi connectivity index (χ2v) is 7.91. The Bertz CT molecular complexity index is 576. The summed E-state index contributed by atoms with van der Waals surface area (Å²) in [6, 6.07) is 3.29. The first-order valence-corrected chi connectivity index (χ1v) is 8.88. The van der Waals surface area contributed by atoms with E-state index in [1.807, 2.05) is 6.20 Å². The maximum Gasteiger partial charge on any atom is 0.131 e. The van der Waals surface area contributed by atoms with Crippen LogP contribution in [0.5, 0.6) is 0 Å². The average Bonchev–Trinajstić information content (AvgIpc) is 2.43. The summed E-state index contributed by atoms with van der Waals surface area (Å²) in [5.41, 5.74) is 8.90. The van der Waals surface area contributed by atoms with Gasteiger partial charge in [-0.1, -0.05) is 0 Å². The molecule has 3 fully saturated rings. The zero-order chi connectivity index (χ0) is 16.0. The Morgan fingerprint density at radius 1 is 1.35 bits per heavy atom. The third-order valence-electron chi connectivity index (χ3n) is 5.71. The average molecular weight is 316 g/mol. The number of aryl methyl sites for hydroxylation is 1. The lowest BCUT2D eigenvalue weighted by Crippen LogP contribution is -2.57. The van der Waals surface area contributed by atoms with Gasteiger partial charge in [-0.2, -0.15) is 0 Å². The highest BCUT2D eigenvalue weighted by Gasteiger charge is 2.51. The first-order valence-electron chi connectivity index (χ1n) is 8.88. The van der Waals surface area contributed by atoms with Crippen LogP contribution in [0.3, 0.4) is 0 Å². The number of nitrogens with two attached hydrogens (primary N) is 1. The van der Waals surface area contributed by atoms with Crippen molar-refractivity contribution in [3.05, 3.63) is 17.8 Å². The van der Waals surface area contributed by atoms with Crippen molar-refractivity contribution in [3.63, 3.8) is 0 Å². The van der Waals surface area contributed by atoms with Gasteiger partial charge in [0.05, 0.1) is 24.6 Å². The predicted molar refractivity (Wildman–Crippen MR) is 92.9 cm³/mol. The van der Waals surface area contributed by atoms with Gasteiger partial charge in [0.2, 0.25) is 0 Å². The molecule has 1 saturated heterocycles. The minimum absolute atomic E-state index is 0.280. The molecule has 5 nitrogen and oxygen atoms in total. The van der Waals surface area contributed by atoms with Gasteiger partial charge >= 0.3 is 0 Å². The van der Waals surface area contributed by atoms with Gasteiger partial charge in [-0.05, 0) is 56.6 Å². The lowest BCUT2D eigenvalue weighted by atomic mass is 9.52. The van der Waals surface area contributed by atoms with E-state index < -0.39 is 0 Å². The Balaban J connectivity index is 1.37. The van der Waals surface area contributed by atoms with Crippen molar-refractivity contribution in [2.45, 2.75) is 57.7 Å². The van der Waals surface area contributed by atoms with Crippen molar-refractivity contribution in [1.29, 1.82) is 0 Å². The van der Waals surface area contributed by atoms with Crippen molar-refractivity contribution < 1.29 is 4.74 Å². The highest BCUT2D eigenvalue weighted by molar-refractivity contribution is 5.55. The Labute approximate surface area is 138 Å². The van der Waals surface area contributed by atoms with Gasteiger partial charge in [0.15, 0.2) is 0 Å². The van der Waals surface area contributed by atoms with Crippen LogP contribution >= 0.6 is 0 Å². The standard InChI is InChI=1S/C18H28N4O/c1-12-5-15(21-16-8-18(9-16)6-14(19)7-18)10-20-17(12)22-3-4-23-13(2)11-22/h5,10,13-14,16,21H,3-4,6-9,11,19H2,1-2H3. The van der Waals surface area contributed by atoms with Crippen LogP contribution in [-0.4, -0.2) is 42.9 Å². The summed E-state index contributed by atoms with van der Waals surface area (Å²) in [4.78, 5) is 7.05. The van der Waals surface area contributed by atoms with Crippen LogP contribution in [0.4, 0.5) is 11.5 Å². The molecule has 0 radical (unpaired) electrons. The van der Waals surface area contributed by atoms with E-state index in [0.29, 0.717) is 17.5 Å². The van der Waals surface area contributed by atoms with Gasteiger partial charge in [0.25, 0.3) is 0 Å². The number of morpholine rings is 1. The molecule has 2 heterocycles. The number of hydrogen-bond donors (Lipinski definition) is 2. The fourth-order valence-corrected chi connectivity index (χ4v) is 4.70. The van der Waals surface area contributed by atoms with Crippen LogP contribution in [0, 0.1) is 12.3 Å². The topological polar surface area (TPSA) is 63.4 Å². The van der Waals surface area contributed by atoms with Gasteiger partial charge < -0.3 is 20.7 Å². The molecule has 2 saturated carbocycles. The second-order valence-electron chi connectivity index (χ2n) is 7.91. The molecule has 1 aliphatic heterocycles. The van der Waals surface area contributed by atoms with Crippen LogP contribution in [-0.2, 0) is 4.74 Å². The van der Waals surface area contributed by atoms with Crippen molar-refractivity contribution >= 4 is 11.5 Å². The molecule has 1 aromatic heterocycles. The largest absolute Gasteiger partial charge is 0.381 e. The highest BCUT2D eigenvalue weighted by Crippen LogP contribution is 2.55. The van der Waals surface area contributed by atoms with E-state index in [0.717, 1.165) is 31.2 Å². The fraction of sp³-hybridized carbons (Fsp3) is 0.722. The van der Waals surface area contributed by atoms with Gasteiger partial charge in [-0.25, -0.2) is 4.98 Å². The molecule has 1 atom stereocenters. The summed E-state index contributed by atoms with van der Waals surface area (Å²) >= 11 is 0. The van der Waals surface area contributed by atoms with Crippen LogP contribution in [0.1, 0.15) is 38.2 Å². The Hall–Kier alpha value is -1.33. The van der Waals surface area contributed by atoms with Crippen LogP contribution in [0.25, 0.3) is 0 Å². The third kappa shape index (κ3) is 2.92. The summed E-state index contributed by atoms with van der Waals surface area (Å²) in [7, 11) is 0. The molecule has 0 bridgehead atoms. The summed E-state index contributed by atoms with van der Waals surface area (Å²) in [5, 5.41) is 3.65. The van der Waals surface area contributed by atoms with Crippen LogP contribution in [0.2, 0.25) is 0 Å². The molecule has 0 amide bonds. The molecule has 3 aliphatic rings. The fourth-order valence-electron chi connectivity index (χ4n) is 4.70. The van der Waals surface area contributed by atoms with Gasteiger partial charge in [-0.3, -0.25) is 0 Å². The minimum Gasteiger partial charge on any atom is -0.381 e. The SMILES string of the molecule is Cc1cc(NC2CC3(CC(N)C3)C2)cnc1N1CCOC(C)C1. The third-order valence-corrected chi connectivity index (χ3v) is 5.71. The number of nitrogens with zero attached hydrogens (tertiary/aromatic N) is 2. The lowest BCUT2D eigenvalue weighted by Gasteiger charge is -2.57. The molecule has 23 heavy (non-hydrogen) atoms. The van der Waals surface area contributed by atoms with E-state index >= 15 is 0 Å². The molecule has 3 N–H and O–H groups in total. The van der Waals surface area contributed by atoms with Crippen LogP contribution < -0.4 is 16.0 Å². The molecule has 0 aromatic carbocycles. The Morgan fingerprint density at radius 2 is 2.13 bits per heavy atom. The Morgan fingerprint density at radius 3 is 2.78 bits per heavy atom. The Kier molecular flexibility index (Phi) is 3.73. The molecule has 1 spiro atoms. The molecule has 126 valence electrons. The first-order chi connectivity index (χ1) is 11.0. The monoisotopic (exact) mass is 316 g/mol. The zero-order valence-corrected chi connectivity index (χ0v) is 14.2. The minimum atomic E-state index is 0.280. The van der Waals surface area contributed by atoms with Crippen molar-refractivity contribution in [3.8, 4) is 0 Å². The van der Waals surface area contributed by atoms with Crippen molar-refractivity contribution in [2.75, 3.05) is 29.9 Å². The molecular weight excluding hydrogens is 288 g/mol. The second kappa shape index (κ2) is 5.64. The number of hydrogen-bond acceptors (Lipinski definition) is 5. The van der Waals surface area contributed by atoms with Crippen LogP contribution in [0.15, 0.2) is 12.3 Å². The smallest absolute Gasteiger partial charge is 0.131 e. The highest BCUT2D eigenvalue weighted by atomic mass is 16.5. The van der Waals surface area contributed by atoms with Crippen molar-refractivity contribution in [2.24, 2.45) is 11.1 Å². The molecular formula is C18H28N4O. The quantitative estimate of drug-likeness (QED) is 0.896. The normalized spacial score (nSPS) is 36.5. The van der Waals surface area contributed by atoms with Gasteiger partial charge in [0, 0.05) is 25.2 Å². The number of nitrogens with one attached hydrogen (secondary N) is 1. The summed E-state index contributed by atoms with van der Waals surface area (Å²) in [6.07, 6.45) is 7.24. The predicted octanol–water partition coefficient (Wildman–Crippen LogP) is 2.30. The van der Waals surface area contributed by atoms with E-state index in [9.17, 15) is 0 Å². The van der Waals surface area contributed by atoms with E-state index in [2.05, 4.69) is 30.1 Å². The summed E-state index contributed by atoms with van der Waals surface area (Å²) in [6.45, 7) is 6.91. The molecule has 2 aliphatic carbocycles. The maximum atomic E-state index is 5.93. The number of pyridine rings is 1. The molecule has 4 rings (SSSR count). The summed E-state index contributed by atoms with van der Waals surface area (Å²) < 4.78 is 5.62. The van der Waals surface area contributed by atoms with Gasteiger partial charge in [0.1, 0.15) is 5.82 Å². The van der Waals surface area contributed by atoms with E-state index in [1.54, 1.807) is 0 Å². The van der Waals surface area contributed by atoms with E-state index in [1.165, 1.54) is 31.2 Å². The molecule has 1 aromatic rings. The van der Waals surface area contributed by atoms with E-state index in [4.69, 9.17) is 15.5 Å². The first kappa shape index (κ1) is 15.2. The number of aromatic nitrogens is 1. The van der Waals surface area contributed by atoms with Crippen molar-refractivity contribution in [1.82, 2.24) is 4.98 Å².